The van der Waals surface area contributed by atoms with Crippen molar-refractivity contribution in [2.75, 3.05) is 18.4 Å². The lowest BCUT2D eigenvalue weighted by molar-refractivity contribution is -0.128. The van der Waals surface area contributed by atoms with Crippen LogP contribution in [0, 0.1) is 12.8 Å². The summed E-state index contributed by atoms with van der Waals surface area (Å²) in [6, 6.07) is 6.66. The topological polar surface area (TPSA) is 96.4 Å². The summed E-state index contributed by atoms with van der Waals surface area (Å²) in [6.45, 7) is 4.76. The molecule has 27 heavy (non-hydrogen) atoms. The van der Waals surface area contributed by atoms with Crippen LogP contribution in [0.3, 0.4) is 0 Å². The highest BCUT2D eigenvalue weighted by atomic mass is 32.2. The summed E-state index contributed by atoms with van der Waals surface area (Å²) in [6.07, 6.45) is 0.194. The van der Waals surface area contributed by atoms with E-state index >= 15 is 0 Å². The number of thiazole rings is 1. The van der Waals surface area contributed by atoms with Gasteiger partial charge in [0.05, 0.1) is 22.3 Å². The number of sulfone groups is 1. The van der Waals surface area contributed by atoms with Gasteiger partial charge in [-0.1, -0.05) is 17.7 Å². The monoisotopic (exact) mass is 407 g/mol. The molecule has 2 heterocycles. The molecule has 2 aromatic rings. The van der Waals surface area contributed by atoms with Gasteiger partial charge in [0.25, 0.3) is 0 Å². The minimum absolute atomic E-state index is 0.0262. The van der Waals surface area contributed by atoms with E-state index in [9.17, 15) is 18.0 Å². The third kappa shape index (κ3) is 4.54. The number of carbonyl (C=O) groups excluding carboxylic acids is 2. The molecule has 0 unspecified atom stereocenters. The molecular weight excluding hydrogens is 386 g/mol. The number of likely N-dealkylation sites (tertiary alicyclic amines) is 1. The zero-order chi connectivity index (χ0) is 19.6. The molecule has 3 rings (SSSR count). The van der Waals surface area contributed by atoms with Gasteiger partial charge in [-0.25, -0.2) is 13.4 Å². The quantitative estimate of drug-likeness (QED) is 0.792. The second kappa shape index (κ2) is 7.77. The molecule has 0 bridgehead atoms. The fourth-order valence-electron chi connectivity index (χ4n) is 2.92. The Morgan fingerprint density at radius 3 is 2.67 bits per heavy atom. The van der Waals surface area contributed by atoms with Gasteiger partial charge in [0.1, 0.15) is 0 Å². The van der Waals surface area contributed by atoms with Gasteiger partial charge in [-0.3, -0.25) is 9.59 Å². The number of nitrogens with zero attached hydrogens (tertiary/aromatic N) is 2. The van der Waals surface area contributed by atoms with Crippen molar-refractivity contribution in [3.8, 4) is 0 Å². The number of aromatic nitrogens is 1. The first kappa shape index (κ1) is 19.5. The molecule has 144 valence electrons. The maximum absolute atomic E-state index is 12.5. The lowest BCUT2D eigenvalue weighted by atomic mass is 10.1. The average Bonchev–Trinajstić information content (AvgIpc) is 3.21. The van der Waals surface area contributed by atoms with Gasteiger partial charge in [0, 0.05) is 24.9 Å². The van der Waals surface area contributed by atoms with Crippen molar-refractivity contribution >= 4 is 38.1 Å². The van der Waals surface area contributed by atoms with Crippen molar-refractivity contribution in [2.24, 2.45) is 5.92 Å². The van der Waals surface area contributed by atoms with E-state index in [4.69, 9.17) is 0 Å². The number of nitrogens with one attached hydrogen (secondary N) is 1. The SMILES string of the molecule is CCN1C[C@H](C(=O)Nc2nc(CS(=O)(=O)c3ccc(C)cc3)cs2)CC1=O. The van der Waals surface area contributed by atoms with Crippen LogP contribution in [-0.4, -0.2) is 43.2 Å². The molecule has 1 aliphatic heterocycles. The molecule has 7 nitrogen and oxygen atoms in total. The summed E-state index contributed by atoms with van der Waals surface area (Å²) >= 11 is 1.18. The Morgan fingerprint density at radius 1 is 1.33 bits per heavy atom. The molecule has 1 atom stereocenters. The van der Waals surface area contributed by atoms with Crippen LogP contribution in [0.15, 0.2) is 34.5 Å². The maximum Gasteiger partial charge on any atom is 0.231 e. The molecule has 0 spiro atoms. The number of benzene rings is 1. The van der Waals surface area contributed by atoms with Crippen molar-refractivity contribution in [1.29, 1.82) is 0 Å². The molecule has 1 N–H and O–H groups in total. The van der Waals surface area contributed by atoms with Crippen LogP contribution in [0.25, 0.3) is 0 Å². The number of hydrogen-bond donors (Lipinski definition) is 1. The Kier molecular flexibility index (Phi) is 5.61. The van der Waals surface area contributed by atoms with Gasteiger partial charge in [0.2, 0.25) is 11.8 Å². The minimum atomic E-state index is -3.50. The van der Waals surface area contributed by atoms with E-state index in [1.54, 1.807) is 34.5 Å². The van der Waals surface area contributed by atoms with Crippen LogP contribution >= 0.6 is 11.3 Å². The fourth-order valence-corrected chi connectivity index (χ4v) is 4.99. The smallest absolute Gasteiger partial charge is 0.231 e. The van der Waals surface area contributed by atoms with Gasteiger partial charge in [-0.2, -0.15) is 0 Å². The van der Waals surface area contributed by atoms with E-state index in [1.165, 1.54) is 11.3 Å². The van der Waals surface area contributed by atoms with E-state index in [-0.39, 0.29) is 28.9 Å². The van der Waals surface area contributed by atoms with Gasteiger partial charge >= 0.3 is 0 Å². The lowest BCUT2D eigenvalue weighted by Gasteiger charge is -2.12. The van der Waals surface area contributed by atoms with Crippen LogP contribution in [0.2, 0.25) is 0 Å². The highest BCUT2D eigenvalue weighted by Gasteiger charge is 2.33. The Labute approximate surface area is 162 Å². The summed E-state index contributed by atoms with van der Waals surface area (Å²) in [4.78, 5) is 30.2. The average molecular weight is 408 g/mol. The zero-order valence-electron chi connectivity index (χ0n) is 15.1. The van der Waals surface area contributed by atoms with E-state index in [1.807, 2.05) is 13.8 Å². The van der Waals surface area contributed by atoms with Gasteiger partial charge in [-0.05, 0) is 26.0 Å². The van der Waals surface area contributed by atoms with E-state index in [0.717, 1.165) is 5.56 Å². The number of hydrogen-bond acceptors (Lipinski definition) is 6. The lowest BCUT2D eigenvalue weighted by Crippen LogP contribution is -2.28. The van der Waals surface area contributed by atoms with Crippen molar-refractivity contribution in [1.82, 2.24) is 9.88 Å². The minimum Gasteiger partial charge on any atom is -0.342 e. The first-order chi connectivity index (χ1) is 12.8. The Balaban J connectivity index is 1.64. The third-order valence-electron chi connectivity index (χ3n) is 4.47. The van der Waals surface area contributed by atoms with Crippen molar-refractivity contribution in [2.45, 2.75) is 30.9 Å². The van der Waals surface area contributed by atoms with Crippen LogP contribution < -0.4 is 5.32 Å². The number of anilines is 1. The maximum atomic E-state index is 12.5. The number of carbonyl (C=O) groups is 2. The van der Waals surface area contributed by atoms with Gasteiger partial charge in [-0.15, -0.1) is 11.3 Å². The molecule has 1 aromatic carbocycles. The first-order valence-corrected chi connectivity index (χ1v) is 11.1. The normalized spacial score (nSPS) is 17.3. The second-order valence-corrected chi connectivity index (χ2v) is 9.39. The Hall–Kier alpha value is -2.26. The summed E-state index contributed by atoms with van der Waals surface area (Å²) in [7, 11) is -3.50. The highest BCUT2D eigenvalue weighted by Crippen LogP contribution is 2.23. The molecule has 1 aliphatic rings. The number of aryl methyl sites for hydroxylation is 1. The molecule has 1 aromatic heterocycles. The van der Waals surface area contributed by atoms with Crippen LogP contribution in [0.5, 0.6) is 0 Å². The first-order valence-electron chi connectivity index (χ1n) is 8.61. The third-order valence-corrected chi connectivity index (χ3v) is 6.94. The van der Waals surface area contributed by atoms with Gasteiger partial charge < -0.3 is 10.2 Å². The highest BCUT2D eigenvalue weighted by molar-refractivity contribution is 7.90. The second-order valence-electron chi connectivity index (χ2n) is 6.54. The van der Waals surface area contributed by atoms with Crippen LogP contribution in [0.4, 0.5) is 5.13 Å². The van der Waals surface area contributed by atoms with E-state index in [2.05, 4.69) is 10.3 Å². The van der Waals surface area contributed by atoms with E-state index < -0.39 is 15.8 Å². The summed E-state index contributed by atoms with van der Waals surface area (Å²) in [5.74, 6) is -0.919. The summed E-state index contributed by atoms with van der Waals surface area (Å²) in [5.41, 5.74) is 1.37. The van der Waals surface area contributed by atoms with E-state index in [0.29, 0.717) is 23.9 Å². The van der Waals surface area contributed by atoms with Crippen LogP contribution in [-0.2, 0) is 25.2 Å². The number of rotatable bonds is 6. The van der Waals surface area contributed by atoms with Crippen molar-refractivity contribution in [3.63, 3.8) is 0 Å². The molecule has 0 radical (unpaired) electrons. The Bertz CT molecular complexity index is 951. The number of amides is 2. The molecular formula is C18H21N3O4S2. The molecule has 1 saturated heterocycles. The predicted molar refractivity (Wildman–Crippen MR) is 103 cm³/mol. The standard InChI is InChI=1S/C18H21N3O4S2/c1-3-21-9-13(8-16(21)22)17(23)20-18-19-14(10-26-18)11-27(24,25)15-6-4-12(2)5-7-15/h4-7,10,13H,3,8-9,11H2,1-2H3,(H,19,20,23)/t13-/m1/s1. The molecule has 0 aliphatic carbocycles. The molecule has 9 heteroatoms. The predicted octanol–water partition coefficient (Wildman–Crippen LogP) is 2.23. The van der Waals surface area contributed by atoms with Crippen molar-refractivity contribution in [3.05, 3.63) is 40.9 Å². The fraction of sp³-hybridized carbons (Fsp3) is 0.389. The Morgan fingerprint density at radius 2 is 2.04 bits per heavy atom. The molecule has 2 amide bonds. The zero-order valence-corrected chi connectivity index (χ0v) is 16.8. The largest absolute Gasteiger partial charge is 0.342 e. The molecule has 1 fully saturated rings. The van der Waals surface area contributed by atoms with Crippen LogP contribution in [0.1, 0.15) is 24.6 Å². The van der Waals surface area contributed by atoms with Crippen molar-refractivity contribution < 1.29 is 18.0 Å². The summed E-state index contributed by atoms with van der Waals surface area (Å²) < 4.78 is 25.0. The molecule has 0 saturated carbocycles. The van der Waals surface area contributed by atoms with Gasteiger partial charge in [0.15, 0.2) is 15.0 Å². The summed E-state index contributed by atoms with van der Waals surface area (Å²) in [5, 5.41) is 4.67.